The van der Waals surface area contributed by atoms with Crippen LogP contribution in [0.15, 0.2) is 0 Å². The van der Waals surface area contributed by atoms with Crippen LogP contribution in [-0.4, -0.2) is 23.4 Å². The second-order valence-electron chi connectivity index (χ2n) is 3.94. The predicted molar refractivity (Wildman–Crippen MR) is 65.8 cm³/mol. The fraction of sp³-hybridized carbons (Fsp3) is 0.750. The fourth-order valence-corrected chi connectivity index (χ4v) is 1.84. The third-order valence-corrected chi connectivity index (χ3v) is 2.71. The predicted octanol–water partition coefficient (Wildman–Crippen LogP) is 1.88. The van der Waals surface area contributed by atoms with E-state index >= 15 is 0 Å². The molecule has 0 aliphatic rings. The normalized spacial score (nSPS) is 10.8. The molecule has 1 heterocycles. The summed E-state index contributed by atoms with van der Waals surface area (Å²) in [6.45, 7) is 6.22. The van der Waals surface area contributed by atoms with Crippen molar-refractivity contribution in [3.8, 4) is 5.88 Å². The molecule has 0 aromatic carbocycles. The lowest BCUT2D eigenvalue weighted by Crippen LogP contribution is -2.15. The van der Waals surface area contributed by atoms with Crippen LogP contribution in [0, 0.1) is 0 Å². The molecule has 0 spiro atoms. The average molecular weight is 225 g/mol. The van der Waals surface area contributed by atoms with Crippen molar-refractivity contribution in [2.75, 3.05) is 13.7 Å². The van der Waals surface area contributed by atoms with Gasteiger partial charge in [0.1, 0.15) is 0 Å². The molecule has 0 amide bonds. The Kier molecular flexibility index (Phi) is 5.32. The van der Waals surface area contributed by atoms with Crippen molar-refractivity contribution >= 4 is 0 Å². The van der Waals surface area contributed by atoms with Gasteiger partial charge in [0.05, 0.1) is 18.4 Å². The molecule has 0 unspecified atom stereocenters. The maximum absolute atomic E-state index is 5.38. The van der Waals surface area contributed by atoms with Crippen LogP contribution in [0.5, 0.6) is 5.88 Å². The molecule has 4 nitrogen and oxygen atoms in total. The number of aryl methyl sites for hydroxylation is 2. The van der Waals surface area contributed by atoms with Crippen molar-refractivity contribution in [1.82, 2.24) is 15.1 Å². The van der Waals surface area contributed by atoms with Gasteiger partial charge in [0.25, 0.3) is 0 Å². The van der Waals surface area contributed by atoms with Gasteiger partial charge in [-0.15, -0.1) is 0 Å². The molecule has 0 bridgehead atoms. The summed E-state index contributed by atoms with van der Waals surface area (Å²) in [6.07, 6.45) is 3.38. The SMILES string of the molecule is CCCCNCc1c(CC)nn(C)c1OC. The molecule has 0 radical (unpaired) electrons. The molecule has 92 valence electrons. The highest BCUT2D eigenvalue weighted by molar-refractivity contribution is 5.31. The summed E-state index contributed by atoms with van der Waals surface area (Å²) in [6, 6.07) is 0. The number of aromatic nitrogens is 2. The van der Waals surface area contributed by atoms with Crippen LogP contribution in [0.25, 0.3) is 0 Å². The maximum atomic E-state index is 5.38. The Morgan fingerprint density at radius 2 is 2.12 bits per heavy atom. The highest BCUT2D eigenvalue weighted by Gasteiger charge is 2.14. The molecule has 16 heavy (non-hydrogen) atoms. The van der Waals surface area contributed by atoms with Gasteiger partial charge in [0, 0.05) is 13.6 Å². The lowest BCUT2D eigenvalue weighted by molar-refractivity contribution is 0.368. The number of unbranched alkanes of at least 4 members (excludes halogenated alkanes) is 1. The molecule has 1 N–H and O–H groups in total. The van der Waals surface area contributed by atoms with E-state index in [4.69, 9.17) is 4.74 Å². The summed E-state index contributed by atoms with van der Waals surface area (Å²) in [5.74, 6) is 0.876. The van der Waals surface area contributed by atoms with Gasteiger partial charge in [-0.25, -0.2) is 4.68 Å². The number of hydrogen-bond acceptors (Lipinski definition) is 3. The van der Waals surface area contributed by atoms with Crippen molar-refractivity contribution < 1.29 is 4.74 Å². The van der Waals surface area contributed by atoms with E-state index in [9.17, 15) is 0 Å². The van der Waals surface area contributed by atoms with E-state index < -0.39 is 0 Å². The first-order valence-corrected chi connectivity index (χ1v) is 6.04. The van der Waals surface area contributed by atoms with Gasteiger partial charge in [-0.05, 0) is 19.4 Å². The van der Waals surface area contributed by atoms with Crippen molar-refractivity contribution in [2.24, 2.45) is 7.05 Å². The van der Waals surface area contributed by atoms with Crippen LogP contribution in [0.4, 0.5) is 0 Å². The van der Waals surface area contributed by atoms with E-state index in [1.54, 1.807) is 7.11 Å². The molecule has 1 aromatic rings. The maximum Gasteiger partial charge on any atom is 0.216 e. The molecule has 0 saturated carbocycles. The van der Waals surface area contributed by atoms with Crippen LogP contribution in [0.3, 0.4) is 0 Å². The Bertz CT molecular complexity index is 320. The van der Waals surface area contributed by atoms with Gasteiger partial charge in [-0.1, -0.05) is 20.3 Å². The molecule has 0 aliphatic carbocycles. The first kappa shape index (κ1) is 13.0. The van der Waals surface area contributed by atoms with Crippen LogP contribution in [0.2, 0.25) is 0 Å². The number of nitrogens with zero attached hydrogens (tertiary/aromatic N) is 2. The highest BCUT2D eigenvalue weighted by Crippen LogP contribution is 2.21. The molecule has 0 fully saturated rings. The topological polar surface area (TPSA) is 39.1 Å². The molecule has 0 saturated heterocycles. The summed E-state index contributed by atoms with van der Waals surface area (Å²) >= 11 is 0. The smallest absolute Gasteiger partial charge is 0.216 e. The van der Waals surface area contributed by atoms with Crippen molar-refractivity contribution in [3.63, 3.8) is 0 Å². The van der Waals surface area contributed by atoms with Gasteiger partial charge in [0.15, 0.2) is 0 Å². The van der Waals surface area contributed by atoms with Crippen LogP contribution >= 0.6 is 0 Å². The minimum atomic E-state index is 0.847. The Morgan fingerprint density at radius 1 is 1.38 bits per heavy atom. The lowest BCUT2D eigenvalue weighted by Gasteiger charge is -2.06. The zero-order valence-corrected chi connectivity index (χ0v) is 10.8. The summed E-state index contributed by atoms with van der Waals surface area (Å²) < 4.78 is 7.19. The van der Waals surface area contributed by atoms with Crippen LogP contribution in [0.1, 0.15) is 37.9 Å². The van der Waals surface area contributed by atoms with Crippen molar-refractivity contribution in [1.29, 1.82) is 0 Å². The second kappa shape index (κ2) is 6.53. The van der Waals surface area contributed by atoms with Gasteiger partial charge in [0.2, 0.25) is 5.88 Å². The van der Waals surface area contributed by atoms with E-state index in [0.29, 0.717) is 0 Å². The summed E-state index contributed by atoms with van der Waals surface area (Å²) in [5, 5.41) is 7.88. The monoisotopic (exact) mass is 225 g/mol. The lowest BCUT2D eigenvalue weighted by atomic mass is 10.2. The molecule has 1 aromatic heterocycles. The Hall–Kier alpha value is -1.03. The average Bonchev–Trinajstić information content (AvgIpc) is 2.60. The largest absolute Gasteiger partial charge is 0.481 e. The molecule has 0 aliphatic heterocycles. The van der Waals surface area contributed by atoms with Gasteiger partial charge in [-0.2, -0.15) is 5.10 Å². The van der Waals surface area contributed by atoms with E-state index in [0.717, 1.165) is 31.1 Å². The number of hydrogen-bond donors (Lipinski definition) is 1. The van der Waals surface area contributed by atoms with Gasteiger partial charge < -0.3 is 10.1 Å². The summed E-state index contributed by atoms with van der Waals surface area (Å²) in [7, 11) is 3.62. The first-order chi connectivity index (χ1) is 7.74. The van der Waals surface area contributed by atoms with E-state index in [1.165, 1.54) is 18.4 Å². The van der Waals surface area contributed by atoms with Gasteiger partial charge in [-0.3, -0.25) is 0 Å². The second-order valence-corrected chi connectivity index (χ2v) is 3.94. The standard InChI is InChI=1S/C12H23N3O/c1-5-7-8-13-9-10-11(6-2)14-15(3)12(10)16-4/h13H,5-9H2,1-4H3. The third kappa shape index (κ3) is 2.98. The van der Waals surface area contributed by atoms with Crippen molar-refractivity contribution in [2.45, 2.75) is 39.7 Å². The minimum absolute atomic E-state index is 0.847. The number of rotatable bonds is 7. The molecule has 0 atom stereocenters. The minimum Gasteiger partial charge on any atom is -0.481 e. The number of ether oxygens (including phenoxy) is 1. The quantitative estimate of drug-likeness (QED) is 0.720. The Labute approximate surface area is 98.0 Å². The Balaban J connectivity index is 2.68. The van der Waals surface area contributed by atoms with E-state index in [1.807, 2.05) is 11.7 Å². The number of methoxy groups -OCH3 is 1. The van der Waals surface area contributed by atoms with E-state index in [2.05, 4.69) is 24.3 Å². The third-order valence-electron chi connectivity index (χ3n) is 2.71. The summed E-state index contributed by atoms with van der Waals surface area (Å²) in [5.41, 5.74) is 2.33. The molecule has 1 rings (SSSR count). The van der Waals surface area contributed by atoms with Crippen LogP contribution in [-0.2, 0) is 20.0 Å². The van der Waals surface area contributed by atoms with E-state index in [-0.39, 0.29) is 0 Å². The number of nitrogens with one attached hydrogen (secondary N) is 1. The first-order valence-electron chi connectivity index (χ1n) is 6.04. The fourth-order valence-electron chi connectivity index (χ4n) is 1.84. The zero-order chi connectivity index (χ0) is 12.0. The Morgan fingerprint density at radius 3 is 2.69 bits per heavy atom. The van der Waals surface area contributed by atoms with Gasteiger partial charge >= 0.3 is 0 Å². The zero-order valence-electron chi connectivity index (χ0n) is 10.8. The molecular formula is C12H23N3O. The molecular weight excluding hydrogens is 202 g/mol. The van der Waals surface area contributed by atoms with Crippen molar-refractivity contribution in [3.05, 3.63) is 11.3 Å². The summed E-state index contributed by atoms with van der Waals surface area (Å²) in [4.78, 5) is 0. The highest BCUT2D eigenvalue weighted by atomic mass is 16.5. The molecule has 4 heteroatoms. The van der Waals surface area contributed by atoms with Crippen LogP contribution < -0.4 is 10.1 Å².